The van der Waals surface area contributed by atoms with E-state index < -0.39 is 0 Å². The number of rotatable bonds is 3. The highest BCUT2D eigenvalue weighted by atomic mass is 16.5. The van der Waals surface area contributed by atoms with Gasteiger partial charge in [-0.25, -0.2) is 0 Å². The minimum absolute atomic E-state index is 0.236. The molecule has 1 N–H and O–H groups in total. The molecule has 5 nitrogen and oxygen atoms in total. The van der Waals surface area contributed by atoms with Crippen LogP contribution < -0.4 is 10.1 Å². The second-order valence-electron chi connectivity index (χ2n) is 5.97. The summed E-state index contributed by atoms with van der Waals surface area (Å²) in [4.78, 5) is 0. The Bertz CT molecular complexity index is 674. The minimum atomic E-state index is -0.236. The maximum atomic E-state index is 6.48. The molecule has 4 rings (SSSR count). The third kappa shape index (κ3) is 2.04. The van der Waals surface area contributed by atoms with Crippen molar-refractivity contribution in [2.75, 3.05) is 26.8 Å². The molecule has 0 aliphatic carbocycles. The number of para-hydroxylation sites is 1. The fourth-order valence-corrected chi connectivity index (χ4v) is 3.57. The normalized spacial score (nSPS) is 18.6. The van der Waals surface area contributed by atoms with E-state index >= 15 is 0 Å². The van der Waals surface area contributed by atoms with Gasteiger partial charge in [0.05, 0.1) is 25.0 Å². The highest BCUT2D eigenvalue weighted by Gasteiger charge is 2.43. The summed E-state index contributed by atoms with van der Waals surface area (Å²) < 4.78 is 13.8. The molecule has 0 bridgehead atoms. The summed E-state index contributed by atoms with van der Waals surface area (Å²) in [5, 5.41) is 8.05. The molecule has 0 unspecified atom stereocenters. The number of hydrogen-bond acceptors (Lipinski definition) is 4. The summed E-state index contributed by atoms with van der Waals surface area (Å²) in [6.07, 6.45) is 3.95. The van der Waals surface area contributed by atoms with Gasteiger partial charge in [-0.1, -0.05) is 12.1 Å². The molecule has 1 aromatic carbocycles. The summed E-state index contributed by atoms with van der Waals surface area (Å²) in [5.74, 6) is 0.969. The lowest BCUT2D eigenvalue weighted by molar-refractivity contribution is 0.0305. The number of benzene rings is 1. The van der Waals surface area contributed by atoms with E-state index in [0.717, 1.165) is 43.8 Å². The summed E-state index contributed by atoms with van der Waals surface area (Å²) in [6.45, 7) is 3.37. The van der Waals surface area contributed by atoms with Gasteiger partial charge in [0.15, 0.2) is 0 Å². The van der Waals surface area contributed by atoms with Gasteiger partial charge in [-0.05, 0) is 25.2 Å². The predicted molar refractivity (Wildman–Crippen MR) is 83.9 cm³/mol. The second-order valence-corrected chi connectivity index (χ2v) is 5.97. The van der Waals surface area contributed by atoms with Gasteiger partial charge in [0, 0.05) is 31.1 Å². The molecule has 116 valence electrons. The number of hydrogen-bond donors (Lipinski definition) is 1. The Hall–Kier alpha value is -1.85. The molecule has 5 heteroatoms. The molecule has 22 heavy (non-hydrogen) atoms. The van der Waals surface area contributed by atoms with E-state index in [9.17, 15) is 0 Å². The van der Waals surface area contributed by atoms with E-state index in [1.807, 2.05) is 12.3 Å². The molecule has 1 spiro atoms. The van der Waals surface area contributed by atoms with Crippen molar-refractivity contribution in [3.8, 4) is 17.0 Å². The van der Waals surface area contributed by atoms with Crippen molar-refractivity contribution in [1.82, 2.24) is 15.1 Å². The number of nitrogens with zero attached hydrogens (tertiary/aromatic N) is 2. The summed E-state index contributed by atoms with van der Waals surface area (Å²) in [6, 6.07) is 8.28. The zero-order chi connectivity index (χ0) is 15.0. The van der Waals surface area contributed by atoms with E-state index in [1.165, 1.54) is 11.3 Å². The monoisotopic (exact) mass is 299 g/mol. The zero-order valence-electron chi connectivity index (χ0n) is 12.8. The Balaban J connectivity index is 1.86. The molecule has 0 saturated carbocycles. The molecular weight excluding hydrogens is 278 g/mol. The molecule has 0 atom stereocenters. The average Bonchev–Trinajstić information content (AvgIpc) is 2.99. The van der Waals surface area contributed by atoms with Gasteiger partial charge in [0.25, 0.3) is 0 Å². The lowest BCUT2D eigenvalue weighted by atomic mass is 9.81. The van der Waals surface area contributed by atoms with Crippen LogP contribution in [0.4, 0.5) is 0 Å². The highest BCUT2D eigenvalue weighted by molar-refractivity contribution is 5.73. The second kappa shape index (κ2) is 5.41. The van der Waals surface area contributed by atoms with Crippen molar-refractivity contribution >= 4 is 0 Å². The van der Waals surface area contributed by atoms with E-state index in [0.29, 0.717) is 6.61 Å². The number of methoxy groups -OCH3 is 1. The van der Waals surface area contributed by atoms with Crippen molar-refractivity contribution in [3.05, 3.63) is 36.0 Å². The van der Waals surface area contributed by atoms with Crippen LogP contribution in [0.25, 0.3) is 11.3 Å². The maximum Gasteiger partial charge on any atom is 0.140 e. The molecule has 1 aromatic heterocycles. The lowest BCUT2D eigenvalue weighted by Crippen LogP contribution is -2.45. The van der Waals surface area contributed by atoms with Crippen LogP contribution in [0.3, 0.4) is 0 Å². The van der Waals surface area contributed by atoms with Crippen molar-refractivity contribution in [2.45, 2.75) is 25.0 Å². The molecular formula is C17H21N3O2. The minimum Gasteiger partial charge on any atom is -0.482 e. The van der Waals surface area contributed by atoms with E-state index in [4.69, 9.17) is 9.47 Å². The number of ether oxygens (including phenoxy) is 2. The fourth-order valence-electron chi connectivity index (χ4n) is 3.57. The maximum absolute atomic E-state index is 6.48. The summed E-state index contributed by atoms with van der Waals surface area (Å²) in [7, 11) is 1.72. The first kappa shape index (κ1) is 13.8. The van der Waals surface area contributed by atoms with Gasteiger partial charge in [-0.15, -0.1) is 0 Å². The third-order valence-corrected chi connectivity index (χ3v) is 4.70. The van der Waals surface area contributed by atoms with Crippen LogP contribution in [0, 0.1) is 0 Å². The Morgan fingerprint density at radius 1 is 1.32 bits per heavy atom. The van der Waals surface area contributed by atoms with Crippen LogP contribution in [0.2, 0.25) is 0 Å². The van der Waals surface area contributed by atoms with Crippen LogP contribution in [-0.2, 0) is 16.9 Å². The van der Waals surface area contributed by atoms with E-state index in [1.54, 1.807) is 7.11 Å². The van der Waals surface area contributed by atoms with Gasteiger partial charge in [0.1, 0.15) is 11.4 Å². The van der Waals surface area contributed by atoms with Gasteiger partial charge >= 0.3 is 0 Å². The first-order valence-corrected chi connectivity index (χ1v) is 7.88. The smallest absolute Gasteiger partial charge is 0.140 e. The summed E-state index contributed by atoms with van der Waals surface area (Å²) >= 11 is 0. The highest BCUT2D eigenvalue weighted by Crippen LogP contribution is 2.48. The van der Waals surface area contributed by atoms with Gasteiger partial charge in [-0.2, -0.15) is 5.10 Å². The molecule has 2 aliphatic rings. The number of nitrogens with one attached hydrogen (secondary N) is 1. The molecule has 1 saturated heterocycles. The number of piperidine rings is 1. The lowest BCUT2D eigenvalue weighted by Gasteiger charge is -2.41. The predicted octanol–water partition coefficient (Wildman–Crippen LogP) is 2.17. The Kier molecular flexibility index (Phi) is 3.39. The summed E-state index contributed by atoms with van der Waals surface area (Å²) in [5.41, 5.74) is 3.32. The molecule has 2 aromatic rings. The van der Waals surface area contributed by atoms with Gasteiger partial charge in [0.2, 0.25) is 0 Å². The van der Waals surface area contributed by atoms with Crippen LogP contribution in [0.5, 0.6) is 5.75 Å². The first-order valence-electron chi connectivity index (χ1n) is 7.88. The molecule has 3 heterocycles. The van der Waals surface area contributed by atoms with Crippen molar-refractivity contribution < 1.29 is 9.47 Å². The standard InChI is InChI=1S/C17H21N3O2/c1-21-11-10-20-16-13-4-2-3-5-15(13)22-17(14(16)12-19-20)6-8-18-9-7-17/h2-5,12,18H,6-11H2,1H3. The number of aromatic nitrogens is 2. The molecule has 2 aliphatic heterocycles. The number of fused-ring (bicyclic) bond motifs is 4. The third-order valence-electron chi connectivity index (χ3n) is 4.70. The van der Waals surface area contributed by atoms with Crippen LogP contribution in [0.1, 0.15) is 18.4 Å². The van der Waals surface area contributed by atoms with Crippen molar-refractivity contribution in [1.29, 1.82) is 0 Å². The Morgan fingerprint density at radius 2 is 2.14 bits per heavy atom. The quantitative estimate of drug-likeness (QED) is 0.943. The topological polar surface area (TPSA) is 48.3 Å². The van der Waals surface area contributed by atoms with Crippen molar-refractivity contribution in [3.63, 3.8) is 0 Å². The van der Waals surface area contributed by atoms with Crippen LogP contribution in [0.15, 0.2) is 30.5 Å². The average molecular weight is 299 g/mol. The van der Waals surface area contributed by atoms with E-state index in [-0.39, 0.29) is 5.60 Å². The van der Waals surface area contributed by atoms with E-state index in [2.05, 4.69) is 33.3 Å². The molecule has 0 radical (unpaired) electrons. The van der Waals surface area contributed by atoms with Crippen molar-refractivity contribution in [2.24, 2.45) is 0 Å². The van der Waals surface area contributed by atoms with Crippen LogP contribution >= 0.6 is 0 Å². The fraction of sp³-hybridized carbons (Fsp3) is 0.471. The Morgan fingerprint density at radius 3 is 2.95 bits per heavy atom. The van der Waals surface area contributed by atoms with Gasteiger partial charge < -0.3 is 14.8 Å². The van der Waals surface area contributed by atoms with Gasteiger partial charge in [-0.3, -0.25) is 4.68 Å². The molecule has 0 amide bonds. The SMILES string of the molecule is COCCn1ncc2c1-c1ccccc1OC21CCNCC1. The Labute approximate surface area is 130 Å². The molecule has 1 fully saturated rings. The first-order chi connectivity index (χ1) is 10.8. The largest absolute Gasteiger partial charge is 0.482 e. The zero-order valence-corrected chi connectivity index (χ0v) is 12.8. The van der Waals surface area contributed by atoms with Crippen LogP contribution in [-0.4, -0.2) is 36.6 Å².